The highest BCUT2D eigenvalue weighted by Crippen LogP contribution is 2.25. The van der Waals surface area contributed by atoms with Crippen molar-refractivity contribution in [3.05, 3.63) is 53.1 Å². The smallest absolute Gasteiger partial charge is 0.264 e. The molecule has 2 aromatic rings. The van der Waals surface area contributed by atoms with Gasteiger partial charge in [0, 0.05) is 12.4 Å². The van der Waals surface area contributed by atoms with Gasteiger partial charge in [0.2, 0.25) is 0 Å². The zero-order valence-corrected chi connectivity index (χ0v) is 11.4. The monoisotopic (exact) mass is 311 g/mol. The normalized spacial score (nSPS) is 10.8. The van der Waals surface area contributed by atoms with E-state index in [4.69, 9.17) is 16.9 Å². The van der Waals surface area contributed by atoms with Gasteiger partial charge in [0.05, 0.1) is 10.7 Å². The lowest BCUT2D eigenvalue weighted by Crippen LogP contribution is -2.15. The van der Waals surface area contributed by atoms with Crippen LogP contribution in [0.4, 0.5) is 10.1 Å². The Labute approximate surface area is 119 Å². The Bertz CT molecular complexity index is 803. The quantitative estimate of drug-likeness (QED) is 0.944. The zero-order valence-electron chi connectivity index (χ0n) is 9.84. The van der Waals surface area contributed by atoms with Gasteiger partial charge >= 0.3 is 0 Å². The summed E-state index contributed by atoms with van der Waals surface area (Å²) < 4.78 is 39.8. The average molecular weight is 312 g/mol. The van der Waals surface area contributed by atoms with Crippen molar-refractivity contribution in [2.45, 2.75) is 4.90 Å². The van der Waals surface area contributed by atoms with Crippen molar-refractivity contribution in [3.63, 3.8) is 0 Å². The van der Waals surface area contributed by atoms with Crippen molar-refractivity contribution in [2.24, 2.45) is 0 Å². The van der Waals surface area contributed by atoms with Crippen molar-refractivity contribution in [1.82, 2.24) is 4.98 Å². The first-order valence-corrected chi connectivity index (χ1v) is 7.13. The molecule has 0 unspecified atom stereocenters. The predicted molar refractivity (Wildman–Crippen MR) is 71.2 cm³/mol. The topological polar surface area (TPSA) is 82.9 Å². The molecule has 0 radical (unpaired) electrons. The van der Waals surface area contributed by atoms with E-state index in [2.05, 4.69) is 9.71 Å². The molecule has 1 heterocycles. The maximum absolute atomic E-state index is 13.4. The summed E-state index contributed by atoms with van der Waals surface area (Å²) in [6.45, 7) is 0. The van der Waals surface area contributed by atoms with E-state index in [0.29, 0.717) is 0 Å². The molecular formula is C12H7ClFN3O2S. The van der Waals surface area contributed by atoms with Crippen molar-refractivity contribution in [2.75, 3.05) is 4.72 Å². The maximum atomic E-state index is 13.4. The first-order valence-electron chi connectivity index (χ1n) is 5.26. The second-order valence-electron chi connectivity index (χ2n) is 3.69. The molecule has 1 aromatic heterocycles. The predicted octanol–water partition coefficient (Wildman–Crippen LogP) is 2.55. The Kier molecular flexibility index (Phi) is 3.88. The first-order chi connectivity index (χ1) is 9.45. The molecule has 0 aliphatic rings. The standard InChI is InChI=1S/C12H7ClFN3O2S/c13-9-4-5-16-7-12(9)20(18,19)17-11-3-1-2-10(14)8(11)6-15/h1-5,7,17H. The van der Waals surface area contributed by atoms with Crippen LogP contribution in [0.3, 0.4) is 0 Å². The molecule has 20 heavy (non-hydrogen) atoms. The summed E-state index contributed by atoms with van der Waals surface area (Å²) in [7, 11) is -4.06. The Morgan fingerprint density at radius 3 is 2.75 bits per heavy atom. The van der Waals surface area contributed by atoms with Gasteiger partial charge in [-0.05, 0) is 18.2 Å². The van der Waals surface area contributed by atoms with Crippen LogP contribution >= 0.6 is 11.6 Å². The molecule has 0 aliphatic carbocycles. The molecule has 0 fully saturated rings. The summed E-state index contributed by atoms with van der Waals surface area (Å²) in [5, 5.41) is 8.83. The van der Waals surface area contributed by atoms with Crippen LogP contribution < -0.4 is 4.72 Å². The van der Waals surface area contributed by atoms with Crippen molar-refractivity contribution in [1.29, 1.82) is 5.26 Å². The molecule has 2 rings (SSSR count). The summed E-state index contributed by atoms with van der Waals surface area (Å²) >= 11 is 5.78. The van der Waals surface area contributed by atoms with Crippen molar-refractivity contribution >= 4 is 27.3 Å². The Balaban J connectivity index is 2.48. The van der Waals surface area contributed by atoms with Gasteiger partial charge in [-0.25, -0.2) is 12.8 Å². The molecule has 1 aromatic carbocycles. The van der Waals surface area contributed by atoms with E-state index < -0.39 is 21.4 Å². The van der Waals surface area contributed by atoms with Gasteiger partial charge in [-0.3, -0.25) is 9.71 Å². The summed E-state index contributed by atoms with van der Waals surface area (Å²) in [5.41, 5.74) is -0.552. The largest absolute Gasteiger partial charge is 0.278 e. The summed E-state index contributed by atoms with van der Waals surface area (Å²) in [4.78, 5) is 3.42. The molecule has 0 atom stereocenters. The van der Waals surface area contributed by atoms with Gasteiger partial charge in [0.1, 0.15) is 22.3 Å². The zero-order chi connectivity index (χ0) is 14.8. The Hall–Kier alpha value is -2.17. The lowest BCUT2D eigenvalue weighted by molar-refractivity contribution is 0.600. The molecule has 8 heteroatoms. The van der Waals surface area contributed by atoms with E-state index in [-0.39, 0.29) is 15.6 Å². The van der Waals surface area contributed by atoms with Crippen LogP contribution in [0.2, 0.25) is 5.02 Å². The molecular weight excluding hydrogens is 305 g/mol. The summed E-state index contributed by atoms with van der Waals surface area (Å²) in [5.74, 6) is -0.815. The number of hydrogen-bond donors (Lipinski definition) is 1. The van der Waals surface area contributed by atoms with Gasteiger partial charge < -0.3 is 0 Å². The van der Waals surface area contributed by atoms with Crippen molar-refractivity contribution in [3.8, 4) is 6.07 Å². The molecule has 102 valence electrons. The minimum Gasteiger partial charge on any atom is -0.278 e. The Morgan fingerprint density at radius 1 is 1.35 bits per heavy atom. The fourth-order valence-electron chi connectivity index (χ4n) is 1.48. The van der Waals surface area contributed by atoms with Crippen LogP contribution in [0.1, 0.15) is 5.56 Å². The van der Waals surface area contributed by atoms with Crippen LogP contribution in [-0.4, -0.2) is 13.4 Å². The highest BCUT2D eigenvalue weighted by Gasteiger charge is 2.20. The lowest BCUT2D eigenvalue weighted by Gasteiger charge is -2.10. The number of aromatic nitrogens is 1. The number of nitriles is 1. The van der Waals surface area contributed by atoms with Gasteiger partial charge in [0.25, 0.3) is 10.0 Å². The van der Waals surface area contributed by atoms with E-state index in [1.54, 1.807) is 6.07 Å². The van der Waals surface area contributed by atoms with E-state index in [1.807, 2.05) is 0 Å². The van der Waals surface area contributed by atoms with E-state index in [9.17, 15) is 12.8 Å². The van der Waals surface area contributed by atoms with Crippen molar-refractivity contribution < 1.29 is 12.8 Å². The molecule has 0 saturated carbocycles. The number of hydrogen-bond acceptors (Lipinski definition) is 4. The summed E-state index contributed by atoms with van der Waals surface area (Å²) in [6.07, 6.45) is 2.40. The molecule has 0 saturated heterocycles. The number of sulfonamides is 1. The number of nitrogens with one attached hydrogen (secondary N) is 1. The highest BCUT2D eigenvalue weighted by molar-refractivity contribution is 7.92. The minimum atomic E-state index is -4.06. The van der Waals surface area contributed by atoms with Gasteiger partial charge in [-0.1, -0.05) is 17.7 Å². The SMILES string of the molecule is N#Cc1c(F)cccc1NS(=O)(=O)c1cnccc1Cl. The van der Waals surface area contributed by atoms with Gasteiger partial charge in [-0.2, -0.15) is 5.26 Å². The van der Waals surface area contributed by atoms with E-state index in [0.717, 1.165) is 12.3 Å². The number of rotatable bonds is 3. The molecule has 0 aliphatic heterocycles. The second kappa shape index (κ2) is 5.45. The van der Waals surface area contributed by atoms with Crippen LogP contribution in [0.5, 0.6) is 0 Å². The van der Waals surface area contributed by atoms with Gasteiger partial charge in [0.15, 0.2) is 0 Å². The number of anilines is 1. The molecule has 5 nitrogen and oxygen atoms in total. The Morgan fingerprint density at radius 2 is 2.10 bits per heavy atom. The lowest BCUT2D eigenvalue weighted by atomic mass is 10.2. The number of pyridine rings is 1. The number of nitrogens with zero attached hydrogens (tertiary/aromatic N) is 2. The van der Waals surface area contributed by atoms with Gasteiger partial charge in [-0.15, -0.1) is 0 Å². The average Bonchev–Trinajstić information content (AvgIpc) is 2.39. The molecule has 1 N–H and O–H groups in total. The number of halogens is 2. The third-order valence-electron chi connectivity index (χ3n) is 2.39. The van der Waals surface area contributed by atoms with Crippen LogP contribution in [0.15, 0.2) is 41.6 Å². The maximum Gasteiger partial charge on any atom is 0.264 e. The number of benzene rings is 1. The van der Waals surface area contributed by atoms with Crippen LogP contribution in [-0.2, 0) is 10.0 Å². The second-order valence-corrected chi connectivity index (χ2v) is 5.74. The fourth-order valence-corrected chi connectivity index (χ4v) is 2.99. The first kappa shape index (κ1) is 14.2. The molecule has 0 amide bonds. The minimum absolute atomic E-state index is 0.0255. The molecule has 0 bridgehead atoms. The van der Waals surface area contributed by atoms with E-state index >= 15 is 0 Å². The van der Waals surface area contributed by atoms with E-state index in [1.165, 1.54) is 24.4 Å². The summed E-state index contributed by atoms with van der Waals surface area (Å²) in [6, 6.07) is 6.55. The third-order valence-corrected chi connectivity index (χ3v) is 4.23. The highest BCUT2D eigenvalue weighted by atomic mass is 35.5. The fraction of sp³-hybridized carbons (Fsp3) is 0. The van der Waals surface area contributed by atoms with Crippen LogP contribution in [0, 0.1) is 17.1 Å². The molecule has 0 spiro atoms. The van der Waals surface area contributed by atoms with Crippen LogP contribution in [0.25, 0.3) is 0 Å². The third kappa shape index (κ3) is 2.71.